The maximum Gasteiger partial charge on any atom is 0.328 e. The van der Waals surface area contributed by atoms with Crippen molar-refractivity contribution in [2.75, 3.05) is 6.54 Å². The minimum absolute atomic E-state index is 0.276. The molecule has 88 valence electrons. The van der Waals surface area contributed by atoms with E-state index in [2.05, 4.69) is 4.98 Å². The number of rotatable bonds is 2. The van der Waals surface area contributed by atoms with Crippen LogP contribution in [0.5, 0.6) is 0 Å². The summed E-state index contributed by atoms with van der Waals surface area (Å²) in [6.07, 6.45) is 4.40. The minimum atomic E-state index is -1.11. The van der Waals surface area contributed by atoms with Crippen LogP contribution in [0, 0.1) is 0 Å². The van der Waals surface area contributed by atoms with Gasteiger partial charge in [-0.2, -0.15) is 0 Å². The predicted octanol–water partition coefficient (Wildman–Crippen LogP) is 0.607. The quantitative estimate of drug-likeness (QED) is 0.758. The first-order valence-corrected chi connectivity index (χ1v) is 5.29. The highest BCUT2D eigenvalue weighted by Gasteiger charge is 2.19. The van der Waals surface area contributed by atoms with Crippen molar-refractivity contribution in [3.8, 4) is 0 Å². The number of fused-ring (bicyclic) bond motifs is 1. The molecule has 0 fully saturated rings. The van der Waals surface area contributed by atoms with Gasteiger partial charge in [0.05, 0.1) is 0 Å². The first kappa shape index (κ1) is 11.3. The standard InChI is InChI=1S/C12H12N2O3/c15-11(3-4-12(16)17)14-7-5-10-9(8-14)2-1-6-13-10/h1-4,6H,5,7-8H2,(H,16,17)/b4-3+. The second-order valence-corrected chi connectivity index (χ2v) is 3.79. The Hall–Kier alpha value is -2.17. The Bertz CT molecular complexity index is 482. The van der Waals surface area contributed by atoms with E-state index in [0.29, 0.717) is 19.5 Å². The molecule has 0 saturated carbocycles. The summed E-state index contributed by atoms with van der Waals surface area (Å²) in [6.45, 7) is 1.07. The van der Waals surface area contributed by atoms with E-state index in [0.717, 1.165) is 23.4 Å². The number of pyridine rings is 1. The van der Waals surface area contributed by atoms with Gasteiger partial charge in [0.1, 0.15) is 0 Å². The average molecular weight is 232 g/mol. The average Bonchev–Trinajstić information content (AvgIpc) is 2.35. The number of amides is 1. The molecule has 1 aromatic heterocycles. The summed E-state index contributed by atoms with van der Waals surface area (Å²) in [5, 5.41) is 8.45. The number of carbonyl (C=O) groups is 2. The predicted molar refractivity (Wildman–Crippen MR) is 60.1 cm³/mol. The molecule has 2 heterocycles. The van der Waals surface area contributed by atoms with Crippen LogP contribution < -0.4 is 0 Å². The van der Waals surface area contributed by atoms with Gasteiger partial charge in [-0.05, 0) is 11.6 Å². The zero-order chi connectivity index (χ0) is 12.3. The van der Waals surface area contributed by atoms with Crippen LogP contribution in [0.15, 0.2) is 30.5 Å². The van der Waals surface area contributed by atoms with Crippen molar-refractivity contribution in [1.29, 1.82) is 0 Å². The third kappa shape index (κ3) is 2.69. The normalized spacial score (nSPS) is 14.7. The molecule has 17 heavy (non-hydrogen) atoms. The first-order chi connectivity index (χ1) is 8.16. The molecule has 0 radical (unpaired) electrons. The highest BCUT2D eigenvalue weighted by atomic mass is 16.4. The van der Waals surface area contributed by atoms with E-state index >= 15 is 0 Å². The van der Waals surface area contributed by atoms with Crippen molar-refractivity contribution >= 4 is 11.9 Å². The molecule has 0 spiro atoms. The number of carbonyl (C=O) groups excluding carboxylic acids is 1. The molecular formula is C12H12N2O3. The molecule has 0 bridgehead atoms. The maximum atomic E-state index is 11.7. The van der Waals surface area contributed by atoms with Gasteiger partial charge in [0.15, 0.2) is 0 Å². The number of carboxylic acids is 1. The van der Waals surface area contributed by atoms with Gasteiger partial charge in [0.2, 0.25) is 5.91 Å². The fourth-order valence-corrected chi connectivity index (χ4v) is 1.80. The summed E-state index contributed by atoms with van der Waals surface area (Å²) in [5.41, 5.74) is 2.04. The lowest BCUT2D eigenvalue weighted by Gasteiger charge is -2.27. The van der Waals surface area contributed by atoms with Crippen LogP contribution in [0.1, 0.15) is 11.3 Å². The van der Waals surface area contributed by atoms with Crippen LogP contribution in [0.25, 0.3) is 0 Å². The van der Waals surface area contributed by atoms with Gasteiger partial charge in [-0.25, -0.2) is 4.79 Å². The Morgan fingerprint density at radius 1 is 1.41 bits per heavy atom. The molecule has 1 aliphatic heterocycles. The third-order valence-corrected chi connectivity index (χ3v) is 2.64. The Kier molecular flexibility index (Phi) is 3.18. The first-order valence-electron chi connectivity index (χ1n) is 5.29. The molecule has 0 aromatic carbocycles. The SMILES string of the molecule is O=C(O)/C=C/C(=O)N1CCc2ncccc2C1. The van der Waals surface area contributed by atoms with Crippen molar-refractivity contribution in [2.24, 2.45) is 0 Å². The van der Waals surface area contributed by atoms with E-state index in [9.17, 15) is 9.59 Å². The smallest absolute Gasteiger partial charge is 0.328 e. The van der Waals surface area contributed by atoms with Crippen molar-refractivity contribution in [3.63, 3.8) is 0 Å². The van der Waals surface area contributed by atoms with Gasteiger partial charge in [0.25, 0.3) is 0 Å². The summed E-state index contributed by atoms with van der Waals surface area (Å²) in [7, 11) is 0. The highest BCUT2D eigenvalue weighted by molar-refractivity contribution is 5.94. The second kappa shape index (κ2) is 4.78. The van der Waals surface area contributed by atoms with Gasteiger partial charge in [-0.3, -0.25) is 9.78 Å². The maximum absolute atomic E-state index is 11.7. The molecule has 5 nitrogen and oxygen atoms in total. The Morgan fingerprint density at radius 2 is 2.24 bits per heavy atom. The Balaban J connectivity index is 2.07. The second-order valence-electron chi connectivity index (χ2n) is 3.79. The number of aromatic nitrogens is 1. The van der Waals surface area contributed by atoms with Crippen LogP contribution in [0.3, 0.4) is 0 Å². The largest absolute Gasteiger partial charge is 0.478 e. The van der Waals surface area contributed by atoms with Gasteiger partial charge in [-0.1, -0.05) is 6.07 Å². The van der Waals surface area contributed by atoms with E-state index in [1.54, 1.807) is 11.1 Å². The third-order valence-electron chi connectivity index (χ3n) is 2.64. The zero-order valence-corrected chi connectivity index (χ0v) is 9.17. The number of hydrogen-bond acceptors (Lipinski definition) is 3. The van der Waals surface area contributed by atoms with Crippen molar-refractivity contribution in [3.05, 3.63) is 41.7 Å². The van der Waals surface area contributed by atoms with E-state index in [1.807, 2.05) is 12.1 Å². The van der Waals surface area contributed by atoms with E-state index in [-0.39, 0.29) is 5.91 Å². The summed E-state index contributed by atoms with van der Waals surface area (Å²) in [4.78, 5) is 27.8. The van der Waals surface area contributed by atoms with Gasteiger partial charge in [0, 0.05) is 43.6 Å². The van der Waals surface area contributed by atoms with E-state index in [1.165, 1.54) is 0 Å². The molecule has 0 unspecified atom stereocenters. The van der Waals surface area contributed by atoms with Crippen molar-refractivity contribution in [1.82, 2.24) is 9.88 Å². The lowest BCUT2D eigenvalue weighted by atomic mass is 10.1. The fraction of sp³-hybridized carbons (Fsp3) is 0.250. The number of hydrogen-bond donors (Lipinski definition) is 1. The van der Waals surface area contributed by atoms with Crippen LogP contribution >= 0.6 is 0 Å². The number of carboxylic acid groups (broad SMARTS) is 1. The molecule has 1 amide bonds. The summed E-state index contributed by atoms with van der Waals surface area (Å²) < 4.78 is 0. The minimum Gasteiger partial charge on any atom is -0.478 e. The molecule has 0 saturated heterocycles. The molecule has 2 rings (SSSR count). The lowest BCUT2D eigenvalue weighted by Crippen LogP contribution is -2.35. The molecule has 5 heteroatoms. The van der Waals surface area contributed by atoms with Crippen LogP contribution in [-0.4, -0.2) is 33.4 Å². The molecule has 1 N–H and O–H groups in total. The van der Waals surface area contributed by atoms with Gasteiger partial charge < -0.3 is 10.0 Å². The summed E-state index contributed by atoms with van der Waals surface area (Å²) >= 11 is 0. The summed E-state index contributed by atoms with van der Waals surface area (Å²) in [5.74, 6) is -1.39. The fourth-order valence-electron chi connectivity index (χ4n) is 1.80. The molecule has 0 aliphatic carbocycles. The lowest BCUT2D eigenvalue weighted by molar-refractivity contribution is -0.132. The topological polar surface area (TPSA) is 70.5 Å². The zero-order valence-electron chi connectivity index (χ0n) is 9.17. The summed E-state index contributed by atoms with van der Waals surface area (Å²) in [6, 6.07) is 3.77. The number of nitrogens with zero attached hydrogens (tertiary/aromatic N) is 2. The molecule has 0 atom stereocenters. The Labute approximate surface area is 98.4 Å². The van der Waals surface area contributed by atoms with Crippen molar-refractivity contribution in [2.45, 2.75) is 13.0 Å². The van der Waals surface area contributed by atoms with Gasteiger partial charge in [-0.15, -0.1) is 0 Å². The van der Waals surface area contributed by atoms with E-state index in [4.69, 9.17) is 5.11 Å². The highest BCUT2D eigenvalue weighted by Crippen LogP contribution is 2.16. The number of aliphatic carboxylic acids is 1. The van der Waals surface area contributed by atoms with E-state index < -0.39 is 5.97 Å². The molecule has 1 aromatic rings. The van der Waals surface area contributed by atoms with Gasteiger partial charge >= 0.3 is 5.97 Å². The van der Waals surface area contributed by atoms with Crippen molar-refractivity contribution < 1.29 is 14.7 Å². The molecular weight excluding hydrogens is 220 g/mol. The van der Waals surface area contributed by atoms with Crippen LogP contribution in [-0.2, 0) is 22.6 Å². The van der Waals surface area contributed by atoms with Crippen LogP contribution in [0.4, 0.5) is 0 Å². The molecule has 1 aliphatic rings. The monoisotopic (exact) mass is 232 g/mol. The Morgan fingerprint density at radius 3 is 3.00 bits per heavy atom. The van der Waals surface area contributed by atoms with Crippen LogP contribution in [0.2, 0.25) is 0 Å².